The maximum atomic E-state index is 13.2. The summed E-state index contributed by atoms with van der Waals surface area (Å²) in [5.74, 6) is -0.244. The lowest BCUT2D eigenvalue weighted by atomic mass is 10.2. The standard InChI is InChI=1S/C13H18FN3S/c1-9(6-7-16(2)3)17-12-5-4-10(14)8-11(12)15-13(17)18/h4-5,8-9H,6-7H2,1-3H3,(H,15,18). The summed E-state index contributed by atoms with van der Waals surface area (Å²) < 4.78 is 15.9. The Kier molecular flexibility index (Phi) is 3.82. The number of benzene rings is 1. The molecule has 1 heterocycles. The number of H-pyrrole nitrogens is 1. The van der Waals surface area contributed by atoms with Gasteiger partial charge >= 0.3 is 0 Å². The van der Waals surface area contributed by atoms with Crippen LogP contribution in [0.2, 0.25) is 0 Å². The molecular formula is C13H18FN3S. The van der Waals surface area contributed by atoms with Crippen molar-refractivity contribution in [3.05, 3.63) is 28.8 Å². The number of hydrogen-bond donors (Lipinski definition) is 1. The van der Waals surface area contributed by atoms with E-state index in [0.717, 1.165) is 24.0 Å². The van der Waals surface area contributed by atoms with E-state index in [4.69, 9.17) is 12.2 Å². The lowest BCUT2D eigenvalue weighted by Gasteiger charge is -2.17. The van der Waals surface area contributed by atoms with Gasteiger partial charge in [-0.2, -0.15) is 0 Å². The normalized spacial score (nSPS) is 13.4. The third-order valence-corrected chi connectivity index (χ3v) is 3.41. The number of fused-ring (bicyclic) bond motifs is 1. The Labute approximate surface area is 111 Å². The summed E-state index contributed by atoms with van der Waals surface area (Å²) in [6.45, 7) is 3.13. The summed E-state index contributed by atoms with van der Waals surface area (Å²) in [4.78, 5) is 5.21. The molecular weight excluding hydrogens is 249 g/mol. The van der Waals surface area contributed by atoms with Crippen molar-refractivity contribution in [2.24, 2.45) is 0 Å². The highest BCUT2D eigenvalue weighted by Crippen LogP contribution is 2.21. The molecule has 5 heteroatoms. The van der Waals surface area contributed by atoms with Crippen LogP contribution >= 0.6 is 12.2 Å². The minimum absolute atomic E-state index is 0.244. The van der Waals surface area contributed by atoms with Gasteiger partial charge in [-0.15, -0.1) is 0 Å². The number of aromatic nitrogens is 2. The van der Waals surface area contributed by atoms with Crippen LogP contribution < -0.4 is 0 Å². The number of hydrogen-bond acceptors (Lipinski definition) is 2. The Morgan fingerprint density at radius 2 is 2.17 bits per heavy atom. The number of halogens is 1. The van der Waals surface area contributed by atoms with Crippen LogP contribution in [0.3, 0.4) is 0 Å². The van der Waals surface area contributed by atoms with E-state index in [1.54, 1.807) is 6.07 Å². The van der Waals surface area contributed by atoms with Crippen LogP contribution in [0.25, 0.3) is 11.0 Å². The van der Waals surface area contributed by atoms with Crippen molar-refractivity contribution in [1.29, 1.82) is 0 Å². The summed E-state index contributed by atoms with van der Waals surface area (Å²) in [6.07, 6.45) is 1.01. The Morgan fingerprint density at radius 3 is 2.83 bits per heavy atom. The van der Waals surface area contributed by atoms with Gasteiger partial charge in [0.25, 0.3) is 0 Å². The molecule has 0 spiro atoms. The highest BCUT2D eigenvalue weighted by atomic mass is 32.1. The maximum Gasteiger partial charge on any atom is 0.178 e. The van der Waals surface area contributed by atoms with Gasteiger partial charge in [0.05, 0.1) is 11.0 Å². The van der Waals surface area contributed by atoms with E-state index in [9.17, 15) is 4.39 Å². The molecule has 1 atom stereocenters. The molecule has 98 valence electrons. The first-order valence-electron chi connectivity index (χ1n) is 6.03. The fourth-order valence-electron chi connectivity index (χ4n) is 2.12. The van der Waals surface area contributed by atoms with E-state index in [1.807, 2.05) is 0 Å². The molecule has 0 aliphatic carbocycles. The first-order chi connectivity index (χ1) is 8.49. The molecule has 0 saturated carbocycles. The molecule has 0 fully saturated rings. The fourth-order valence-corrected chi connectivity index (χ4v) is 2.50. The Balaban J connectivity index is 2.38. The summed E-state index contributed by atoms with van der Waals surface area (Å²) >= 11 is 5.32. The molecule has 1 aromatic carbocycles. The number of aromatic amines is 1. The minimum Gasteiger partial charge on any atom is -0.330 e. The maximum absolute atomic E-state index is 13.2. The van der Waals surface area contributed by atoms with Crippen molar-refractivity contribution >= 4 is 23.3 Å². The molecule has 0 aliphatic rings. The predicted molar refractivity (Wildman–Crippen MR) is 75.0 cm³/mol. The van der Waals surface area contributed by atoms with Gasteiger partial charge in [-0.25, -0.2) is 4.39 Å². The smallest absolute Gasteiger partial charge is 0.178 e. The first-order valence-corrected chi connectivity index (χ1v) is 6.44. The first kappa shape index (κ1) is 13.2. The quantitative estimate of drug-likeness (QED) is 0.859. The Hall–Kier alpha value is -1.20. The highest BCUT2D eigenvalue weighted by Gasteiger charge is 2.11. The second-order valence-electron chi connectivity index (χ2n) is 4.90. The Morgan fingerprint density at radius 1 is 1.44 bits per heavy atom. The van der Waals surface area contributed by atoms with Crippen molar-refractivity contribution in [2.75, 3.05) is 20.6 Å². The van der Waals surface area contributed by atoms with Crippen molar-refractivity contribution in [1.82, 2.24) is 14.5 Å². The van der Waals surface area contributed by atoms with Crippen molar-refractivity contribution in [3.63, 3.8) is 0 Å². The molecule has 1 unspecified atom stereocenters. The van der Waals surface area contributed by atoms with Crippen molar-refractivity contribution in [3.8, 4) is 0 Å². The van der Waals surface area contributed by atoms with Gasteiger partial charge in [0.2, 0.25) is 0 Å². The van der Waals surface area contributed by atoms with Crippen molar-refractivity contribution in [2.45, 2.75) is 19.4 Å². The number of imidazole rings is 1. The lowest BCUT2D eigenvalue weighted by Crippen LogP contribution is -2.17. The van der Waals surface area contributed by atoms with Gasteiger partial charge in [0.1, 0.15) is 5.82 Å². The van der Waals surface area contributed by atoms with Crippen LogP contribution in [-0.4, -0.2) is 35.1 Å². The molecule has 18 heavy (non-hydrogen) atoms. The summed E-state index contributed by atoms with van der Waals surface area (Å²) in [5, 5.41) is 0. The van der Waals surface area contributed by atoms with E-state index < -0.39 is 0 Å². The van der Waals surface area contributed by atoms with Gasteiger partial charge in [0, 0.05) is 6.04 Å². The molecule has 0 amide bonds. The number of nitrogens with zero attached hydrogens (tertiary/aromatic N) is 2. The van der Waals surface area contributed by atoms with E-state index in [0.29, 0.717) is 10.8 Å². The Bertz CT molecular complexity index is 600. The van der Waals surface area contributed by atoms with Crippen molar-refractivity contribution < 1.29 is 4.39 Å². The summed E-state index contributed by atoms with van der Waals surface area (Å²) in [6, 6.07) is 5.03. The second kappa shape index (κ2) is 5.20. The van der Waals surface area contributed by atoms with Gasteiger partial charge in [-0.3, -0.25) is 0 Å². The average molecular weight is 267 g/mol. The molecule has 2 aromatic rings. The zero-order valence-electron chi connectivity index (χ0n) is 10.9. The SMILES string of the molecule is CC(CCN(C)C)n1c(=S)[nH]c2cc(F)ccc21. The largest absolute Gasteiger partial charge is 0.330 e. The monoisotopic (exact) mass is 267 g/mol. The zero-order chi connectivity index (χ0) is 13.3. The highest BCUT2D eigenvalue weighted by molar-refractivity contribution is 7.71. The summed E-state index contributed by atoms with van der Waals surface area (Å²) in [7, 11) is 4.10. The topological polar surface area (TPSA) is 24.0 Å². The second-order valence-corrected chi connectivity index (χ2v) is 5.29. The molecule has 0 radical (unpaired) electrons. The van der Waals surface area contributed by atoms with Crippen LogP contribution in [0, 0.1) is 10.6 Å². The van der Waals surface area contributed by atoms with Crippen LogP contribution in [0.4, 0.5) is 4.39 Å². The molecule has 3 nitrogen and oxygen atoms in total. The molecule has 2 rings (SSSR count). The van der Waals surface area contributed by atoms with Crippen LogP contribution in [0.1, 0.15) is 19.4 Å². The zero-order valence-corrected chi connectivity index (χ0v) is 11.7. The third-order valence-electron chi connectivity index (χ3n) is 3.11. The van der Waals surface area contributed by atoms with E-state index in [2.05, 4.69) is 35.5 Å². The summed E-state index contributed by atoms with van der Waals surface area (Å²) in [5.41, 5.74) is 1.73. The molecule has 0 bridgehead atoms. The number of nitrogens with one attached hydrogen (secondary N) is 1. The van der Waals surface area contributed by atoms with Gasteiger partial charge in [0.15, 0.2) is 4.77 Å². The average Bonchev–Trinajstić information content (AvgIpc) is 2.61. The fraction of sp³-hybridized carbons (Fsp3) is 0.462. The molecule has 0 aliphatic heterocycles. The third kappa shape index (κ3) is 2.62. The van der Waals surface area contributed by atoms with E-state index >= 15 is 0 Å². The lowest BCUT2D eigenvalue weighted by molar-refractivity contribution is 0.359. The van der Waals surface area contributed by atoms with E-state index in [-0.39, 0.29) is 5.82 Å². The van der Waals surface area contributed by atoms with Crippen LogP contribution in [0.5, 0.6) is 0 Å². The van der Waals surface area contributed by atoms with Crippen LogP contribution in [0.15, 0.2) is 18.2 Å². The molecule has 1 aromatic heterocycles. The molecule has 0 saturated heterocycles. The van der Waals surface area contributed by atoms with Gasteiger partial charge in [-0.1, -0.05) is 0 Å². The number of rotatable bonds is 4. The predicted octanol–water partition coefficient (Wildman–Crippen LogP) is 3.35. The van der Waals surface area contributed by atoms with Gasteiger partial charge in [-0.05, 0) is 64.4 Å². The van der Waals surface area contributed by atoms with Crippen LogP contribution in [-0.2, 0) is 0 Å². The van der Waals surface area contributed by atoms with E-state index in [1.165, 1.54) is 12.1 Å². The molecule has 1 N–H and O–H groups in total. The van der Waals surface area contributed by atoms with Gasteiger partial charge < -0.3 is 14.5 Å². The minimum atomic E-state index is -0.244.